The zero-order valence-corrected chi connectivity index (χ0v) is 7.87. The SMILES string of the molecule is COC(=O)c1nc2nc(Cl)ncc2[nH]1. The Morgan fingerprint density at radius 1 is 1.57 bits per heavy atom. The Morgan fingerprint density at radius 3 is 3.07 bits per heavy atom. The molecule has 0 fully saturated rings. The maximum absolute atomic E-state index is 11.1. The van der Waals surface area contributed by atoms with Crippen LogP contribution in [0.3, 0.4) is 0 Å². The second-order valence-electron chi connectivity index (χ2n) is 2.45. The molecule has 14 heavy (non-hydrogen) atoms. The molecule has 0 aliphatic heterocycles. The van der Waals surface area contributed by atoms with E-state index in [1.54, 1.807) is 0 Å². The highest BCUT2D eigenvalue weighted by molar-refractivity contribution is 6.28. The van der Waals surface area contributed by atoms with Crippen molar-refractivity contribution in [3.8, 4) is 0 Å². The number of halogens is 1. The average molecular weight is 213 g/mol. The van der Waals surface area contributed by atoms with Crippen molar-refractivity contribution in [3.63, 3.8) is 0 Å². The van der Waals surface area contributed by atoms with Crippen LogP contribution < -0.4 is 0 Å². The number of imidazole rings is 1. The molecular formula is C7H5ClN4O2. The third kappa shape index (κ3) is 1.39. The number of aromatic nitrogens is 4. The van der Waals surface area contributed by atoms with Gasteiger partial charge in [0.1, 0.15) is 5.52 Å². The molecule has 6 nitrogen and oxygen atoms in total. The van der Waals surface area contributed by atoms with Gasteiger partial charge >= 0.3 is 5.97 Å². The third-order valence-corrected chi connectivity index (χ3v) is 1.77. The molecule has 2 rings (SSSR count). The van der Waals surface area contributed by atoms with Crippen LogP contribution in [0.4, 0.5) is 0 Å². The first-order valence-corrected chi connectivity index (χ1v) is 4.05. The zero-order chi connectivity index (χ0) is 10.1. The van der Waals surface area contributed by atoms with Gasteiger partial charge in [0.15, 0.2) is 5.65 Å². The van der Waals surface area contributed by atoms with Crippen LogP contribution in [0.5, 0.6) is 0 Å². The predicted molar refractivity (Wildman–Crippen MR) is 48.0 cm³/mol. The van der Waals surface area contributed by atoms with E-state index in [9.17, 15) is 4.79 Å². The van der Waals surface area contributed by atoms with E-state index in [2.05, 4.69) is 24.7 Å². The number of nitrogens with one attached hydrogen (secondary N) is 1. The number of esters is 1. The highest BCUT2D eigenvalue weighted by Gasteiger charge is 2.12. The number of carbonyl (C=O) groups excluding carboxylic acids is 1. The molecule has 0 bridgehead atoms. The second-order valence-corrected chi connectivity index (χ2v) is 2.79. The molecular weight excluding hydrogens is 208 g/mol. The van der Waals surface area contributed by atoms with Crippen LogP contribution in [0.2, 0.25) is 5.28 Å². The quantitative estimate of drug-likeness (QED) is 0.558. The minimum atomic E-state index is -0.556. The summed E-state index contributed by atoms with van der Waals surface area (Å²) < 4.78 is 4.48. The number of fused-ring (bicyclic) bond motifs is 1. The lowest BCUT2D eigenvalue weighted by Crippen LogP contribution is -2.02. The normalized spacial score (nSPS) is 10.4. The molecule has 2 aromatic heterocycles. The minimum Gasteiger partial charge on any atom is -0.463 e. The Hall–Kier alpha value is -1.69. The molecule has 7 heteroatoms. The van der Waals surface area contributed by atoms with Crippen molar-refractivity contribution >= 4 is 28.7 Å². The lowest BCUT2D eigenvalue weighted by molar-refractivity contribution is 0.0588. The number of rotatable bonds is 1. The Labute approximate surface area is 83.3 Å². The molecule has 2 aromatic rings. The molecule has 0 radical (unpaired) electrons. The van der Waals surface area contributed by atoms with Gasteiger partial charge in [-0.25, -0.2) is 14.8 Å². The number of methoxy groups -OCH3 is 1. The standard InChI is InChI=1S/C7H5ClN4O2/c1-14-6(13)5-10-3-2-9-7(8)12-4(3)11-5/h2H,1H3,(H,9,10,11,12). The molecule has 0 aromatic carbocycles. The monoisotopic (exact) mass is 212 g/mol. The van der Waals surface area contributed by atoms with Crippen LogP contribution in [0.1, 0.15) is 10.6 Å². The first-order chi connectivity index (χ1) is 6.70. The van der Waals surface area contributed by atoms with Crippen LogP contribution in [0, 0.1) is 0 Å². The van der Waals surface area contributed by atoms with E-state index >= 15 is 0 Å². The van der Waals surface area contributed by atoms with Gasteiger partial charge < -0.3 is 9.72 Å². The van der Waals surface area contributed by atoms with Crippen LogP contribution in [0.15, 0.2) is 6.20 Å². The molecule has 1 N–H and O–H groups in total. The lowest BCUT2D eigenvalue weighted by Gasteiger charge is -1.89. The molecule has 0 unspecified atom stereocenters. The average Bonchev–Trinajstić information content (AvgIpc) is 2.59. The maximum atomic E-state index is 11.1. The van der Waals surface area contributed by atoms with Gasteiger partial charge in [-0.1, -0.05) is 0 Å². The van der Waals surface area contributed by atoms with E-state index in [1.807, 2.05) is 0 Å². The largest absolute Gasteiger partial charge is 0.463 e. The fraction of sp³-hybridized carbons (Fsp3) is 0.143. The van der Waals surface area contributed by atoms with Gasteiger partial charge in [-0.05, 0) is 11.6 Å². The van der Waals surface area contributed by atoms with Gasteiger partial charge in [-0.2, -0.15) is 4.98 Å². The Bertz CT molecular complexity index is 495. The van der Waals surface area contributed by atoms with Crippen molar-refractivity contribution in [2.45, 2.75) is 0 Å². The van der Waals surface area contributed by atoms with Crippen LogP contribution >= 0.6 is 11.6 Å². The molecule has 0 spiro atoms. The molecule has 0 aliphatic carbocycles. The van der Waals surface area contributed by atoms with Crippen molar-refractivity contribution < 1.29 is 9.53 Å². The summed E-state index contributed by atoms with van der Waals surface area (Å²) in [6.07, 6.45) is 1.45. The van der Waals surface area contributed by atoms with Crippen molar-refractivity contribution in [2.75, 3.05) is 7.11 Å². The van der Waals surface area contributed by atoms with Crippen molar-refractivity contribution in [2.24, 2.45) is 0 Å². The summed E-state index contributed by atoms with van der Waals surface area (Å²) in [5.41, 5.74) is 0.875. The van der Waals surface area contributed by atoms with Crippen LogP contribution in [-0.4, -0.2) is 33.0 Å². The molecule has 0 atom stereocenters. The Morgan fingerprint density at radius 2 is 2.36 bits per heavy atom. The third-order valence-electron chi connectivity index (χ3n) is 1.59. The number of carbonyl (C=O) groups is 1. The van der Waals surface area contributed by atoms with E-state index in [0.29, 0.717) is 11.2 Å². The summed E-state index contributed by atoms with van der Waals surface area (Å²) in [6, 6.07) is 0. The van der Waals surface area contributed by atoms with E-state index in [0.717, 1.165) is 0 Å². The predicted octanol–water partition coefficient (Wildman–Crippen LogP) is 0.793. The van der Waals surface area contributed by atoms with E-state index < -0.39 is 5.97 Å². The molecule has 0 saturated heterocycles. The first-order valence-electron chi connectivity index (χ1n) is 3.67. The van der Waals surface area contributed by atoms with E-state index in [1.165, 1.54) is 13.3 Å². The fourth-order valence-electron chi connectivity index (χ4n) is 0.980. The molecule has 0 saturated carbocycles. The summed E-state index contributed by atoms with van der Waals surface area (Å²) in [6.45, 7) is 0. The maximum Gasteiger partial charge on any atom is 0.374 e. The number of hydrogen-bond acceptors (Lipinski definition) is 5. The summed E-state index contributed by atoms with van der Waals surface area (Å²) in [4.78, 5) is 25.2. The van der Waals surface area contributed by atoms with Crippen LogP contribution in [-0.2, 0) is 4.74 Å². The second kappa shape index (κ2) is 3.22. The van der Waals surface area contributed by atoms with Gasteiger partial charge in [0.05, 0.1) is 13.3 Å². The summed E-state index contributed by atoms with van der Waals surface area (Å²) >= 11 is 5.55. The van der Waals surface area contributed by atoms with Gasteiger partial charge in [0.2, 0.25) is 11.1 Å². The van der Waals surface area contributed by atoms with Gasteiger partial charge in [-0.3, -0.25) is 0 Å². The zero-order valence-electron chi connectivity index (χ0n) is 7.11. The Balaban J connectivity index is 2.56. The van der Waals surface area contributed by atoms with Gasteiger partial charge in [0.25, 0.3) is 0 Å². The van der Waals surface area contributed by atoms with Crippen molar-refractivity contribution in [1.82, 2.24) is 19.9 Å². The summed E-state index contributed by atoms with van der Waals surface area (Å²) in [7, 11) is 1.27. The Kier molecular flexibility index (Phi) is 2.05. The fourth-order valence-corrected chi connectivity index (χ4v) is 1.11. The van der Waals surface area contributed by atoms with Crippen molar-refractivity contribution in [1.29, 1.82) is 0 Å². The number of hydrogen-bond donors (Lipinski definition) is 1. The highest BCUT2D eigenvalue weighted by Crippen LogP contribution is 2.10. The summed E-state index contributed by atoms with van der Waals surface area (Å²) in [5.74, 6) is -0.474. The number of H-pyrrole nitrogens is 1. The van der Waals surface area contributed by atoms with Crippen molar-refractivity contribution in [3.05, 3.63) is 17.3 Å². The number of aromatic amines is 1. The number of ether oxygens (including phenoxy) is 1. The van der Waals surface area contributed by atoms with Crippen LogP contribution in [0.25, 0.3) is 11.2 Å². The van der Waals surface area contributed by atoms with E-state index in [-0.39, 0.29) is 11.1 Å². The smallest absolute Gasteiger partial charge is 0.374 e. The molecule has 0 amide bonds. The molecule has 72 valence electrons. The molecule has 2 heterocycles. The van der Waals surface area contributed by atoms with Gasteiger partial charge in [0, 0.05) is 0 Å². The highest BCUT2D eigenvalue weighted by atomic mass is 35.5. The van der Waals surface area contributed by atoms with E-state index in [4.69, 9.17) is 11.6 Å². The lowest BCUT2D eigenvalue weighted by atomic mass is 10.6. The number of nitrogens with zero attached hydrogens (tertiary/aromatic N) is 3. The summed E-state index contributed by atoms with van der Waals surface area (Å²) in [5, 5.41) is 0.0837. The topological polar surface area (TPSA) is 80.8 Å². The van der Waals surface area contributed by atoms with Gasteiger partial charge in [-0.15, -0.1) is 0 Å². The molecule has 0 aliphatic rings. The minimum absolute atomic E-state index is 0.0825. The first kappa shape index (κ1) is 8.89.